The smallest absolute Gasteiger partial charge is 0.306 e. The number of carbonyl (C=O) groups excluding carboxylic acids is 3. The van der Waals surface area contributed by atoms with Crippen LogP contribution in [0.15, 0.2) is 12.2 Å². The van der Waals surface area contributed by atoms with Gasteiger partial charge in [-0.25, -0.2) is 0 Å². The molecule has 4 rings (SSSR count). The van der Waals surface area contributed by atoms with E-state index in [-0.39, 0.29) is 47.4 Å². The molecule has 7 unspecified atom stereocenters. The van der Waals surface area contributed by atoms with Crippen molar-refractivity contribution < 1.29 is 19.1 Å². The van der Waals surface area contributed by atoms with Gasteiger partial charge in [0.1, 0.15) is 11.6 Å². The third-order valence-electron chi connectivity index (χ3n) is 6.28. The predicted octanol–water partition coefficient (Wildman–Crippen LogP) is 2.17. The number of unbranched alkanes of at least 4 members (excludes halogenated alkanes) is 1. The number of allylic oxidation sites excluding steroid dienone is 2. The molecule has 0 aromatic carbocycles. The highest BCUT2D eigenvalue weighted by Crippen LogP contribution is 2.64. The van der Waals surface area contributed by atoms with E-state index in [4.69, 9.17) is 4.74 Å². The molecule has 4 heteroatoms. The van der Waals surface area contributed by atoms with Crippen molar-refractivity contribution in [3.8, 4) is 0 Å². The van der Waals surface area contributed by atoms with Crippen molar-refractivity contribution in [2.24, 2.45) is 41.4 Å². The Hall–Kier alpha value is -1.45. The molecule has 3 fully saturated rings. The minimum Gasteiger partial charge on any atom is -0.466 e. The maximum Gasteiger partial charge on any atom is 0.306 e. The summed E-state index contributed by atoms with van der Waals surface area (Å²) in [4.78, 5) is 36.8. The van der Waals surface area contributed by atoms with Crippen molar-refractivity contribution in [2.45, 2.75) is 32.6 Å². The van der Waals surface area contributed by atoms with Gasteiger partial charge in [0.05, 0.1) is 6.61 Å². The lowest BCUT2D eigenvalue weighted by atomic mass is 9.69. The minimum atomic E-state index is -0.180. The van der Waals surface area contributed by atoms with Crippen LogP contribution >= 0.6 is 0 Å². The highest BCUT2D eigenvalue weighted by molar-refractivity contribution is 5.99. The van der Waals surface area contributed by atoms with Gasteiger partial charge in [0.25, 0.3) is 0 Å². The lowest BCUT2D eigenvalue weighted by Gasteiger charge is -2.33. The summed E-state index contributed by atoms with van der Waals surface area (Å²) in [5, 5.41) is 0. The monoisotopic (exact) mass is 302 g/mol. The molecule has 118 valence electrons. The van der Waals surface area contributed by atoms with Gasteiger partial charge in [0.2, 0.25) is 0 Å². The zero-order valence-corrected chi connectivity index (χ0v) is 12.9. The van der Waals surface area contributed by atoms with Crippen LogP contribution in [0.3, 0.4) is 0 Å². The van der Waals surface area contributed by atoms with Crippen LogP contribution in [0.2, 0.25) is 0 Å². The standard InChI is InChI=1S/C18H22O4/c1-2-3-6-22-13(19)8-9-7-12-15-10-4-5-11(17(10)20)16(15)14(9)18(12)21/h4-5,9-12,14-16H,2-3,6-8H2,1H3. The molecule has 4 aliphatic rings. The molecule has 7 atom stereocenters. The first-order valence-electron chi connectivity index (χ1n) is 8.55. The molecule has 4 nitrogen and oxygen atoms in total. The number of esters is 1. The van der Waals surface area contributed by atoms with E-state index >= 15 is 0 Å². The molecular formula is C18H22O4. The van der Waals surface area contributed by atoms with Gasteiger partial charge >= 0.3 is 5.97 Å². The van der Waals surface area contributed by atoms with Gasteiger partial charge in [-0.05, 0) is 30.6 Å². The van der Waals surface area contributed by atoms with Gasteiger partial charge in [0, 0.05) is 30.1 Å². The second-order valence-electron chi connectivity index (χ2n) is 7.30. The molecular weight excluding hydrogens is 280 g/mol. The third-order valence-corrected chi connectivity index (χ3v) is 6.28. The van der Waals surface area contributed by atoms with Crippen LogP contribution < -0.4 is 0 Å². The molecule has 0 saturated heterocycles. The van der Waals surface area contributed by atoms with Gasteiger partial charge in [-0.3, -0.25) is 14.4 Å². The summed E-state index contributed by atoms with van der Waals surface area (Å²) in [5.41, 5.74) is 0. The SMILES string of the molecule is CCCCOC(=O)CC1CC2C(=O)C1C1C3C=CC(C3=O)C21. The molecule has 0 aromatic rings. The van der Waals surface area contributed by atoms with Crippen molar-refractivity contribution in [1.82, 2.24) is 0 Å². The normalized spacial score (nSPS) is 44.0. The Morgan fingerprint density at radius 2 is 1.91 bits per heavy atom. The fourth-order valence-electron chi connectivity index (χ4n) is 5.48. The number of rotatable bonds is 5. The molecule has 0 amide bonds. The van der Waals surface area contributed by atoms with E-state index in [9.17, 15) is 14.4 Å². The van der Waals surface area contributed by atoms with Crippen molar-refractivity contribution in [1.29, 1.82) is 0 Å². The first-order valence-corrected chi connectivity index (χ1v) is 8.55. The number of ketones is 2. The van der Waals surface area contributed by atoms with E-state index < -0.39 is 0 Å². The number of hydrogen-bond acceptors (Lipinski definition) is 4. The molecule has 0 N–H and O–H groups in total. The molecule has 0 aliphatic heterocycles. The van der Waals surface area contributed by atoms with Crippen LogP contribution in [-0.4, -0.2) is 24.1 Å². The average molecular weight is 302 g/mol. The molecule has 0 radical (unpaired) electrons. The fraction of sp³-hybridized carbons (Fsp3) is 0.722. The molecule has 0 aromatic heterocycles. The fourth-order valence-corrected chi connectivity index (χ4v) is 5.48. The van der Waals surface area contributed by atoms with Crippen LogP contribution in [0.4, 0.5) is 0 Å². The second kappa shape index (κ2) is 5.04. The number of carbonyl (C=O) groups is 3. The largest absolute Gasteiger partial charge is 0.466 e. The van der Waals surface area contributed by atoms with Gasteiger partial charge in [-0.2, -0.15) is 0 Å². The lowest BCUT2D eigenvalue weighted by molar-refractivity contribution is -0.145. The highest BCUT2D eigenvalue weighted by Gasteiger charge is 2.68. The highest BCUT2D eigenvalue weighted by atomic mass is 16.5. The summed E-state index contributed by atoms with van der Waals surface area (Å²) in [7, 11) is 0. The number of Topliss-reactive ketones (excluding diaryl/α,β-unsaturated/α-hetero) is 2. The Balaban J connectivity index is 1.46. The quantitative estimate of drug-likeness (QED) is 0.338. The molecule has 22 heavy (non-hydrogen) atoms. The summed E-state index contributed by atoms with van der Waals surface area (Å²) in [6.45, 7) is 2.53. The van der Waals surface area contributed by atoms with Crippen LogP contribution in [0.1, 0.15) is 32.6 Å². The molecule has 0 spiro atoms. The van der Waals surface area contributed by atoms with Crippen molar-refractivity contribution in [3.63, 3.8) is 0 Å². The molecule has 0 heterocycles. The van der Waals surface area contributed by atoms with E-state index in [1.165, 1.54) is 0 Å². The van der Waals surface area contributed by atoms with Crippen molar-refractivity contribution in [3.05, 3.63) is 12.2 Å². The Bertz CT molecular complexity index is 563. The lowest BCUT2D eigenvalue weighted by Crippen LogP contribution is -2.32. The van der Waals surface area contributed by atoms with Crippen LogP contribution in [0.5, 0.6) is 0 Å². The Kier molecular flexibility index (Phi) is 3.24. The van der Waals surface area contributed by atoms with Crippen molar-refractivity contribution >= 4 is 17.5 Å². The van der Waals surface area contributed by atoms with E-state index in [2.05, 4.69) is 6.92 Å². The Labute approximate surface area is 130 Å². The van der Waals surface area contributed by atoms with E-state index in [1.54, 1.807) is 0 Å². The third kappa shape index (κ3) is 1.79. The van der Waals surface area contributed by atoms with Crippen LogP contribution in [0.25, 0.3) is 0 Å². The van der Waals surface area contributed by atoms with E-state index in [1.807, 2.05) is 12.2 Å². The summed E-state index contributed by atoms with van der Waals surface area (Å²) < 4.78 is 5.25. The van der Waals surface area contributed by atoms with Crippen LogP contribution in [0, 0.1) is 41.4 Å². The summed E-state index contributed by atoms with van der Waals surface area (Å²) >= 11 is 0. The minimum absolute atomic E-state index is 0.00680. The Morgan fingerprint density at radius 1 is 1.18 bits per heavy atom. The number of hydrogen-bond donors (Lipinski definition) is 0. The van der Waals surface area contributed by atoms with Crippen molar-refractivity contribution in [2.75, 3.05) is 6.61 Å². The number of fused-ring (bicyclic) bond motifs is 9. The predicted molar refractivity (Wildman–Crippen MR) is 78.7 cm³/mol. The average Bonchev–Trinajstić information content (AvgIpc) is 3.17. The summed E-state index contributed by atoms with van der Waals surface area (Å²) in [5.74, 6) is 0.767. The van der Waals surface area contributed by atoms with Crippen LogP contribution in [-0.2, 0) is 19.1 Å². The molecule has 4 aliphatic carbocycles. The van der Waals surface area contributed by atoms with Gasteiger partial charge in [-0.15, -0.1) is 0 Å². The molecule has 4 bridgehead atoms. The maximum absolute atomic E-state index is 12.6. The maximum atomic E-state index is 12.6. The second-order valence-corrected chi connectivity index (χ2v) is 7.30. The van der Waals surface area contributed by atoms with E-state index in [0.29, 0.717) is 24.6 Å². The topological polar surface area (TPSA) is 60.4 Å². The summed E-state index contributed by atoms with van der Waals surface area (Å²) in [6, 6.07) is 0. The number of ether oxygens (including phenoxy) is 1. The van der Waals surface area contributed by atoms with Gasteiger partial charge in [0.15, 0.2) is 0 Å². The first-order chi connectivity index (χ1) is 10.6. The Morgan fingerprint density at radius 3 is 2.64 bits per heavy atom. The van der Waals surface area contributed by atoms with Gasteiger partial charge < -0.3 is 4.74 Å². The zero-order valence-electron chi connectivity index (χ0n) is 12.9. The van der Waals surface area contributed by atoms with Gasteiger partial charge in [-0.1, -0.05) is 25.5 Å². The summed E-state index contributed by atoms with van der Waals surface area (Å²) in [6.07, 6.45) is 7.01. The van der Waals surface area contributed by atoms with E-state index in [0.717, 1.165) is 19.3 Å². The zero-order chi connectivity index (χ0) is 15.4. The molecule has 3 saturated carbocycles. The first kappa shape index (κ1) is 14.2.